The molecule has 0 spiro atoms. The highest BCUT2D eigenvalue weighted by Crippen LogP contribution is 2.12. The van der Waals surface area contributed by atoms with Crippen LogP contribution in [0.15, 0.2) is 17.4 Å². The number of hydrogen-bond donors (Lipinski definition) is 0. The van der Waals surface area contributed by atoms with Gasteiger partial charge >= 0.3 is 0 Å². The molecule has 1 fully saturated rings. The minimum absolute atomic E-state index is 0.941. The van der Waals surface area contributed by atoms with Gasteiger partial charge in [0.05, 0.1) is 6.54 Å². The highest BCUT2D eigenvalue weighted by molar-refractivity contribution is 5.61. The van der Waals surface area contributed by atoms with E-state index in [4.69, 9.17) is 0 Å². The first kappa shape index (κ1) is 7.80. The maximum atomic E-state index is 4.05. The van der Waals surface area contributed by atoms with Crippen LogP contribution >= 0.6 is 0 Å². The van der Waals surface area contributed by atoms with E-state index < -0.39 is 0 Å². The highest BCUT2D eigenvalue weighted by atomic mass is 15.6. The summed E-state index contributed by atoms with van der Waals surface area (Å²) in [4.78, 5) is 4.05. The number of nitrogens with zero attached hydrogens (tertiary/aromatic N) is 3. The SMILES string of the molecule is C1=CN(N2CCCCC2)CC=N1. The lowest BCUT2D eigenvalue weighted by Gasteiger charge is -2.36. The Balaban J connectivity index is 1.90. The molecule has 0 aromatic carbocycles. The first-order valence-corrected chi connectivity index (χ1v) is 4.66. The van der Waals surface area contributed by atoms with Gasteiger partial charge in [-0.05, 0) is 12.8 Å². The van der Waals surface area contributed by atoms with E-state index in [2.05, 4.69) is 21.2 Å². The minimum Gasteiger partial charge on any atom is -0.306 e. The Morgan fingerprint density at radius 2 is 1.92 bits per heavy atom. The number of rotatable bonds is 1. The van der Waals surface area contributed by atoms with Crippen molar-refractivity contribution >= 4 is 6.21 Å². The third-order valence-corrected chi connectivity index (χ3v) is 2.39. The summed E-state index contributed by atoms with van der Waals surface area (Å²) in [6, 6.07) is 0. The molecule has 0 aliphatic carbocycles. The van der Waals surface area contributed by atoms with Gasteiger partial charge in [-0.3, -0.25) is 4.99 Å². The average Bonchev–Trinajstić information content (AvgIpc) is 2.21. The normalized spacial score (nSPS) is 24.8. The van der Waals surface area contributed by atoms with Gasteiger partial charge in [0.1, 0.15) is 0 Å². The monoisotopic (exact) mass is 165 g/mol. The lowest BCUT2D eigenvalue weighted by Crippen LogP contribution is -2.43. The molecule has 0 aromatic rings. The molecule has 0 radical (unpaired) electrons. The quantitative estimate of drug-likeness (QED) is 0.582. The van der Waals surface area contributed by atoms with E-state index in [1.165, 1.54) is 32.4 Å². The Kier molecular flexibility index (Phi) is 2.42. The van der Waals surface area contributed by atoms with Crippen molar-refractivity contribution < 1.29 is 0 Å². The van der Waals surface area contributed by atoms with Gasteiger partial charge in [0, 0.05) is 31.7 Å². The summed E-state index contributed by atoms with van der Waals surface area (Å²) in [7, 11) is 0. The zero-order chi connectivity index (χ0) is 8.23. The number of aliphatic imine (C=N–C) groups is 1. The van der Waals surface area contributed by atoms with Crippen LogP contribution in [0.3, 0.4) is 0 Å². The molecule has 0 amide bonds. The molecule has 2 aliphatic rings. The lowest BCUT2D eigenvalue weighted by molar-refractivity contribution is 0.0171. The van der Waals surface area contributed by atoms with E-state index >= 15 is 0 Å². The van der Waals surface area contributed by atoms with E-state index in [1.54, 1.807) is 0 Å². The minimum atomic E-state index is 0.941. The molecular weight excluding hydrogens is 150 g/mol. The molecule has 2 aliphatic heterocycles. The Hall–Kier alpha value is -0.830. The Labute approximate surface area is 73.3 Å². The molecule has 2 rings (SSSR count). The molecule has 0 bridgehead atoms. The maximum Gasteiger partial charge on any atom is 0.0693 e. The number of hydrogen-bond acceptors (Lipinski definition) is 3. The van der Waals surface area contributed by atoms with Crippen LogP contribution < -0.4 is 0 Å². The van der Waals surface area contributed by atoms with E-state index in [1.807, 2.05) is 12.4 Å². The molecule has 3 heteroatoms. The van der Waals surface area contributed by atoms with Crippen molar-refractivity contribution in [2.24, 2.45) is 4.99 Å². The van der Waals surface area contributed by atoms with Crippen LogP contribution in [-0.2, 0) is 0 Å². The topological polar surface area (TPSA) is 18.8 Å². The summed E-state index contributed by atoms with van der Waals surface area (Å²) >= 11 is 0. The van der Waals surface area contributed by atoms with Gasteiger partial charge in [-0.25, -0.2) is 5.01 Å². The van der Waals surface area contributed by atoms with E-state index in [-0.39, 0.29) is 0 Å². The summed E-state index contributed by atoms with van der Waals surface area (Å²) in [6.07, 6.45) is 9.93. The zero-order valence-corrected chi connectivity index (χ0v) is 7.32. The second-order valence-corrected chi connectivity index (χ2v) is 3.27. The van der Waals surface area contributed by atoms with E-state index in [0.717, 1.165) is 6.54 Å². The van der Waals surface area contributed by atoms with Crippen LogP contribution in [0, 0.1) is 0 Å². The van der Waals surface area contributed by atoms with Crippen LogP contribution in [0.25, 0.3) is 0 Å². The first-order chi connectivity index (χ1) is 5.97. The fourth-order valence-electron chi connectivity index (χ4n) is 1.71. The highest BCUT2D eigenvalue weighted by Gasteiger charge is 2.14. The number of piperidine rings is 1. The van der Waals surface area contributed by atoms with Gasteiger partial charge in [-0.1, -0.05) is 6.42 Å². The predicted octanol–water partition coefficient (Wildman–Crippen LogP) is 1.24. The smallest absolute Gasteiger partial charge is 0.0693 e. The van der Waals surface area contributed by atoms with Crippen LogP contribution in [0.4, 0.5) is 0 Å². The summed E-state index contributed by atoms with van der Waals surface area (Å²) in [5.41, 5.74) is 0. The maximum absolute atomic E-state index is 4.05. The standard InChI is InChI=1S/C9H15N3/c1-2-6-11(7-3-1)12-8-4-10-5-9-12/h4-5,8H,1-3,6-7,9H2. The second kappa shape index (κ2) is 3.72. The van der Waals surface area contributed by atoms with Crippen LogP contribution in [0.5, 0.6) is 0 Å². The fourth-order valence-corrected chi connectivity index (χ4v) is 1.71. The van der Waals surface area contributed by atoms with Gasteiger partial charge < -0.3 is 5.01 Å². The molecule has 0 N–H and O–H groups in total. The third kappa shape index (κ3) is 1.67. The summed E-state index contributed by atoms with van der Waals surface area (Å²) in [5, 5.41) is 4.66. The van der Waals surface area contributed by atoms with Crippen molar-refractivity contribution in [3.05, 3.63) is 12.4 Å². The van der Waals surface area contributed by atoms with Crippen molar-refractivity contribution in [2.75, 3.05) is 19.6 Å². The first-order valence-electron chi connectivity index (χ1n) is 4.66. The zero-order valence-electron chi connectivity index (χ0n) is 7.32. The largest absolute Gasteiger partial charge is 0.306 e. The second-order valence-electron chi connectivity index (χ2n) is 3.27. The summed E-state index contributed by atoms with van der Waals surface area (Å²) < 4.78 is 0. The Morgan fingerprint density at radius 3 is 2.58 bits per heavy atom. The van der Waals surface area contributed by atoms with Crippen LogP contribution in [0.1, 0.15) is 19.3 Å². The van der Waals surface area contributed by atoms with Gasteiger partial charge in [0.15, 0.2) is 0 Å². The van der Waals surface area contributed by atoms with Crippen molar-refractivity contribution in [2.45, 2.75) is 19.3 Å². The summed E-state index contributed by atoms with van der Waals surface area (Å²) in [5.74, 6) is 0. The van der Waals surface area contributed by atoms with Gasteiger partial charge in [-0.2, -0.15) is 0 Å². The summed E-state index contributed by atoms with van der Waals surface area (Å²) in [6.45, 7) is 3.35. The van der Waals surface area contributed by atoms with Crippen LogP contribution in [0.2, 0.25) is 0 Å². The third-order valence-electron chi connectivity index (χ3n) is 2.39. The fraction of sp³-hybridized carbons (Fsp3) is 0.667. The van der Waals surface area contributed by atoms with Crippen molar-refractivity contribution in [3.8, 4) is 0 Å². The van der Waals surface area contributed by atoms with Gasteiger partial charge in [0.25, 0.3) is 0 Å². The molecular formula is C9H15N3. The Bertz CT molecular complexity index is 192. The van der Waals surface area contributed by atoms with Gasteiger partial charge in [-0.15, -0.1) is 0 Å². The molecule has 0 atom stereocenters. The predicted molar refractivity (Wildman–Crippen MR) is 49.8 cm³/mol. The Morgan fingerprint density at radius 1 is 1.08 bits per heavy atom. The lowest BCUT2D eigenvalue weighted by atomic mass is 10.2. The molecule has 66 valence electrons. The molecule has 0 aromatic heterocycles. The molecule has 0 saturated carbocycles. The molecule has 12 heavy (non-hydrogen) atoms. The average molecular weight is 165 g/mol. The van der Waals surface area contributed by atoms with Crippen molar-refractivity contribution in [1.82, 2.24) is 10.0 Å². The molecule has 2 heterocycles. The number of hydrazine groups is 1. The van der Waals surface area contributed by atoms with E-state index in [0.29, 0.717) is 0 Å². The van der Waals surface area contributed by atoms with Gasteiger partial charge in [0.2, 0.25) is 0 Å². The van der Waals surface area contributed by atoms with Crippen molar-refractivity contribution in [3.63, 3.8) is 0 Å². The van der Waals surface area contributed by atoms with E-state index in [9.17, 15) is 0 Å². The molecule has 0 unspecified atom stereocenters. The molecule has 1 saturated heterocycles. The van der Waals surface area contributed by atoms with Crippen LogP contribution in [-0.4, -0.2) is 35.9 Å². The van der Waals surface area contributed by atoms with Crippen molar-refractivity contribution in [1.29, 1.82) is 0 Å². The molecule has 3 nitrogen and oxygen atoms in total.